The number of ether oxygens (including phenoxy) is 2. The van der Waals surface area contributed by atoms with Crippen molar-refractivity contribution in [2.45, 2.75) is 40.7 Å². The summed E-state index contributed by atoms with van der Waals surface area (Å²) in [4.78, 5) is 24.3. The van der Waals surface area contributed by atoms with Crippen LogP contribution in [0.3, 0.4) is 0 Å². The fourth-order valence-electron chi connectivity index (χ4n) is 3.35. The van der Waals surface area contributed by atoms with Gasteiger partial charge in [0.05, 0.1) is 12.8 Å². The van der Waals surface area contributed by atoms with Crippen molar-refractivity contribution in [3.8, 4) is 11.5 Å². The van der Waals surface area contributed by atoms with Crippen molar-refractivity contribution >= 4 is 23.7 Å². The zero-order valence-electron chi connectivity index (χ0n) is 20.6. The Kier molecular flexibility index (Phi) is 9.01. The van der Waals surface area contributed by atoms with E-state index < -0.39 is 11.8 Å². The first kappa shape index (κ1) is 25.5. The quantitative estimate of drug-likeness (QED) is 0.244. The molecule has 0 aliphatic rings. The second kappa shape index (κ2) is 12.4. The molecule has 0 aliphatic carbocycles. The van der Waals surface area contributed by atoms with Gasteiger partial charge in [0.1, 0.15) is 13.0 Å². The smallest absolute Gasteiger partial charge is 0.249 e. The van der Waals surface area contributed by atoms with Crippen LogP contribution < -0.4 is 20.2 Å². The fourth-order valence-corrected chi connectivity index (χ4v) is 3.35. The molecule has 3 aromatic carbocycles. The molecule has 0 aromatic heterocycles. The molecular formula is C28H31N3O4. The molecule has 0 heterocycles. The molecule has 0 aliphatic heterocycles. The van der Waals surface area contributed by atoms with E-state index in [1.807, 2.05) is 76.2 Å². The van der Waals surface area contributed by atoms with Crippen LogP contribution in [-0.2, 0) is 16.2 Å². The summed E-state index contributed by atoms with van der Waals surface area (Å²) >= 11 is 0. The second-order valence-electron chi connectivity index (χ2n) is 8.25. The Morgan fingerprint density at radius 2 is 1.60 bits per heavy atom. The number of hydrazone groups is 1. The first-order valence-corrected chi connectivity index (χ1v) is 11.5. The Morgan fingerprint density at radius 3 is 2.31 bits per heavy atom. The van der Waals surface area contributed by atoms with Gasteiger partial charge in [0, 0.05) is 5.69 Å². The number of rotatable bonds is 10. The lowest BCUT2D eigenvalue weighted by Gasteiger charge is -2.13. The van der Waals surface area contributed by atoms with Gasteiger partial charge in [-0.1, -0.05) is 47.5 Å². The van der Waals surface area contributed by atoms with Crippen LogP contribution in [0.15, 0.2) is 65.8 Å². The highest BCUT2D eigenvalue weighted by Crippen LogP contribution is 2.29. The van der Waals surface area contributed by atoms with Crippen LogP contribution in [0.25, 0.3) is 0 Å². The molecule has 2 amide bonds. The van der Waals surface area contributed by atoms with Gasteiger partial charge in [-0.2, -0.15) is 5.10 Å². The highest BCUT2D eigenvalue weighted by atomic mass is 16.5. The molecule has 0 atom stereocenters. The summed E-state index contributed by atoms with van der Waals surface area (Å²) in [6.07, 6.45) is 1.16. The first-order valence-electron chi connectivity index (χ1n) is 11.5. The monoisotopic (exact) mass is 473 g/mol. The molecule has 182 valence electrons. The Hall–Kier alpha value is -4.13. The van der Waals surface area contributed by atoms with Gasteiger partial charge < -0.3 is 14.8 Å². The Balaban J connectivity index is 1.54. The van der Waals surface area contributed by atoms with Crippen molar-refractivity contribution in [3.05, 3.63) is 88.5 Å². The van der Waals surface area contributed by atoms with Crippen LogP contribution in [0, 0.1) is 20.8 Å². The Labute approximate surface area is 206 Å². The van der Waals surface area contributed by atoms with Crippen LogP contribution in [-0.4, -0.2) is 24.6 Å². The molecule has 0 unspecified atom stereocenters. The normalized spacial score (nSPS) is 10.7. The lowest BCUT2D eigenvalue weighted by atomic mass is 10.1. The molecule has 2 N–H and O–H groups in total. The molecule has 0 radical (unpaired) electrons. The van der Waals surface area contributed by atoms with Crippen molar-refractivity contribution in [1.82, 2.24) is 5.43 Å². The standard InChI is InChI=1S/C28H31N3O4/c1-5-34-26-15-23(11-13-25(26)35-18-22-9-6-19(2)7-10-22)17-29-31-28(33)16-27(32)30-24-12-8-20(3)14-21(24)4/h6-15,17H,5,16,18H2,1-4H3,(H,30,32)(H,31,33). The summed E-state index contributed by atoms with van der Waals surface area (Å²) in [7, 11) is 0. The van der Waals surface area contributed by atoms with E-state index in [-0.39, 0.29) is 6.42 Å². The highest BCUT2D eigenvalue weighted by molar-refractivity contribution is 6.04. The van der Waals surface area contributed by atoms with Crippen LogP contribution in [0.2, 0.25) is 0 Å². The van der Waals surface area contributed by atoms with Gasteiger partial charge in [-0.05, 0) is 68.7 Å². The predicted molar refractivity (Wildman–Crippen MR) is 138 cm³/mol. The van der Waals surface area contributed by atoms with Crippen molar-refractivity contribution in [2.24, 2.45) is 5.10 Å². The summed E-state index contributed by atoms with van der Waals surface area (Å²) in [6, 6.07) is 19.3. The molecule has 3 rings (SSSR count). The lowest BCUT2D eigenvalue weighted by Crippen LogP contribution is -2.24. The largest absolute Gasteiger partial charge is 0.490 e. The van der Waals surface area contributed by atoms with Gasteiger partial charge in [0.15, 0.2) is 11.5 Å². The number of carbonyl (C=O) groups is 2. The van der Waals surface area contributed by atoms with E-state index in [1.54, 1.807) is 12.1 Å². The maximum absolute atomic E-state index is 12.2. The Bertz CT molecular complexity index is 1200. The number of aryl methyl sites for hydroxylation is 3. The summed E-state index contributed by atoms with van der Waals surface area (Å²) < 4.78 is 11.6. The van der Waals surface area contributed by atoms with E-state index in [4.69, 9.17) is 9.47 Å². The number of anilines is 1. The van der Waals surface area contributed by atoms with Crippen LogP contribution in [0.5, 0.6) is 11.5 Å². The molecule has 7 nitrogen and oxygen atoms in total. The zero-order valence-corrected chi connectivity index (χ0v) is 20.6. The minimum Gasteiger partial charge on any atom is -0.490 e. The average molecular weight is 474 g/mol. The van der Waals surface area contributed by atoms with Gasteiger partial charge in [-0.15, -0.1) is 0 Å². The zero-order chi connectivity index (χ0) is 25.2. The molecular weight excluding hydrogens is 442 g/mol. The van der Waals surface area contributed by atoms with E-state index in [1.165, 1.54) is 11.8 Å². The Morgan fingerprint density at radius 1 is 0.857 bits per heavy atom. The molecule has 35 heavy (non-hydrogen) atoms. The number of amides is 2. The van der Waals surface area contributed by atoms with E-state index >= 15 is 0 Å². The SMILES string of the molecule is CCOc1cc(C=NNC(=O)CC(=O)Nc2ccc(C)cc2C)ccc1OCc1ccc(C)cc1. The topological polar surface area (TPSA) is 89.0 Å². The van der Waals surface area contributed by atoms with Crippen LogP contribution in [0.4, 0.5) is 5.69 Å². The molecule has 0 saturated heterocycles. The van der Waals surface area contributed by atoms with Gasteiger partial charge >= 0.3 is 0 Å². The molecule has 0 saturated carbocycles. The third-order valence-corrected chi connectivity index (χ3v) is 5.16. The van der Waals surface area contributed by atoms with E-state index in [0.29, 0.717) is 30.4 Å². The minimum atomic E-state index is -0.508. The lowest BCUT2D eigenvalue weighted by molar-refractivity contribution is -0.126. The van der Waals surface area contributed by atoms with E-state index in [9.17, 15) is 9.59 Å². The third-order valence-electron chi connectivity index (χ3n) is 5.16. The molecule has 0 fully saturated rings. The minimum absolute atomic E-state index is 0.333. The second-order valence-corrected chi connectivity index (χ2v) is 8.25. The molecule has 7 heteroatoms. The number of benzene rings is 3. The van der Waals surface area contributed by atoms with Crippen molar-refractivity contribution < 1.29 is 19.1 Å². The number of hydrogen-bond acceptors (Lipinski definition) is 5. The fraction of sp³-hybridized carbons (Fsp3) is 0.250. The van der Waals surface area contributed by atoms with Gasteiger partial charge in [0.2, 0.25) is 11.8 Å². The van der Waals surface area contributed by atoms with E-state index in [2.05, 4.69) is 15.8 Å². The number of hydrogen-bond donors (Lipinski definition) is 2. The molecule has 3 aromatic rings. The average Bonchev–Trinajstić information content (AvgIpc) is 2.81. The number of carbonyl (C=O) groups excluding carboxylic acids is 2. The summed E-state index contributed by atoms with van der Waals surface area (Å²) in [5.74, 6) is 0.296. The highest BCUT2D eigenvalue weighted by Gasteiger charge is 2.11. The summed E-state index contributed by atoms with van der Waals surface area (Å²) in [6.45, 7) is 8.73. The molecule has 0 spiro atoms. The third kappa shape index (κ3) is 7.99. The van der Waals surface area contributed by atoms with Crippen molar-refractivity contribution in [2.75, 3.05) is 11.9 Å². The molecule has 0 bridgehead atoms. The van der Waals surface area contributed by atoms with E-state index in [0.717, 1.165) is 22.3 Å². The number of nitrogens with one attached hydrogen (secondary N) is 2. The maximum atomic E-state index is 12.2. The van der Waals surface area contributed by atoms with Crippen LogP contribution in [0.1, 0.15) is 41.2 Å². The first-order chi connectivity index (χ1) is 16.8. The van der Waals surface area contributed by atoms with Crippen molar-refractivity contribution in [3.63, 3.8) is 0 Å². The van der Waals surface area contributed by atoms with Gasteiger partial charge in [-0.3, -0.25) is 9.59 Å². The van der Waals surface area contributed by atoms with Crippen molar-refractivity contribution in [1.29, 1.82) is 0 Å². The van der Waals surface area contributed by atoms with Gasteiger partial charge in [-0.25, -0.2) is 5.43 Å². The van der Waals surface area contributed by atoms with Crippen LogP contribution >= 0.6 is 0 Å². The maximum Gasteiger partial charge on any atom is 0.249 e. The van der Waals surface area contributed by atoms with Gasteiger partial charge in [0.25, 0.3) is 0 Å². The number of nitrogens with zero attached hydrogens (tertiary/aromatic N) is 1. The summed E-state index contributed by atoms with van der Waals surface area (Å²) in [5, 5.41) is 6.71. The predicted octanol–water partition coefficient (Wildman–Crippen LogP) is 5.07. The summed E-state index contributed by atoms with van der Waals surface area (Å²) in [5.41, 5.74) is 8.09.